The molecule has 1 amide bonds. The first-order valence-electron chi connectivity index (χ1n) is 11.5. The van der Waals surface area contributed by atoms with E-state index < -0.39 is 5.60 Å². The first kappa shape index (κ1) is 24.2. The number of pyridine rings is 1. The molecule has 1 saturated heterocycles. The lowest BCUT2D eigenvalue weighted by molar-refractivity contribution is -0.0211. The normalized spacial score (nSPS) is 17.0. The van der Waals surface area contributed by atoms with Gasteiger partial charge < -0.3 is 20.2 Å². The second-order valence-corrected chi connectivity index (χ2v) is 10.3. The summed E-state index contributed by atoms with van der Waals surface area (Å²) < 4.78 is 0. The van der Waals surface area contributed by atoms with Crippen LogP contribution < -0.4 is 10.2 Å². The molecular weight excluding hydrogens is 507 g/mol. The van der Waals surface area contributed by atoms with Gasteiger partial charge in [0.2, 0.25) is 0 Å². The van der Waals surface area contributed by atoms with Gasteiger partial charge in [0.25, 0.3) is 5.91 Å². The maximum atomic E-state index is 13.4. The van der Waals surface area contributed by atoms with Gasteiger partial charge in [0, 0.05) is 54.0 Å². The van der Waals surface area contributed by atoms with Crippen LogP contribution in [-0.2, 0) is 12.1 Å². The van der Waals surface area contributed by atoms with Crippen LogP contribution in [0.3, 0.4) is 0 Å². The predicted octanol–water partition coefficient (Wildman–Crippen LogP) is 5.60. The monoisotopic (exact) mass is 530 g/mol. The van der Waals surface area contributed by atoms with Gasteiger partial charge in [-0.15, -0.1) is 0 Å². The molecule has 0 spiro atoms. The van der Waals surface area contributed by atoms with Crippen molar-refractivity contribution >= 4 is 52.2 Å². The van der Waals surface area contributed by atoms with E-state index in [1.807, 2.05) is 24.3 Å². The van der Waals surface area contributed by atoms with Crippen LogP contribution in [0, 0.1) is 0 Å². The van der Waals surface area contributed by atoms with Crippen LogP contribution in [-0.4, -0.2) is 47.1 Å². The van der Waals surface area contributed by atoms with E-state index in [1.54, 1.807) is 35.4 Å². The molecule has 9 heteroatoms. The van der Waals surface area contributed by atoms with Crippen LogP contribution in [0.25, 0.3) is 0 Å². The van der Waals surface area contributed by atoms with Crippen molar-refractivity contribution in [3.8, 4) is 0 Å². The van der Waals surface area contributed by atoms with Crippen molar-refractivity contribution in [2.75, 3.05) is 36.4 Å². The molecule has 3 heterocycles. The molecular formula is C26H25Cl3N4O2. The topological polar surface area (TPSA) is 68.7 Å². The number of carbonyl (C=O) groups excluding carboxylic acids is 1. The number of aromatic nitrogens is 1. The number of fused-ring (bicyclic) bond motifs is 1. The molecule has 2 aliphatic rings. The van der Waals surface area contributed by atoms with Crippen LogP contribution in [0.4, 0.5) is 11.5 Å². The number of aliphatic hydroxyl groups is 1. The number of anilines is 2. The van der Waals surface area contributed by atoms with E-state index in [9.17, 15) is 9.90 Å². The van der Waals surface area contributed by atoms with E-state index in [0.717, 1.165) is 35.7 Å². The molecule has 0 radical (unpaired) electrons. The smallest absolute Gasteiger partial charge is 0.255 e. The number of nitrogens with one attached hydrogen (secondary N) is 1. The van der Waals surface area contributed by atoms with Crippen LogP contribution in [0.2, 0.25) is 15.1 Å². The van der Waals surface area contributed by atoms with Crippen molar-refractivity contribution in [3.05, 3.63) is 86.5 Å². The number of piperidine rings is 1. The van der Waals surface area contributed by atoms with E-state index in [0.29, 0.717) is 53.1 Å². The zero-order valence-corrected chi connectivity index (χ0v) is 21.2. The Bertz CT molecular complexity index is 1240. The molecule has 0 aliphatic carbocycles. The first-order chi connectivity index (χ1) is 16.8. The average Bonchev–Trinajstić information content (AvgIpc) is 2.86. The number of halogens is 3. The second-order valence-electron chi connectivity index (χ2n) is 9.01. The summed E-state index contributed by atoms with van der Waals surface area (Å²) in [4.78, 5) is 21.8. The molecule has 0 atom stereocenters. The summed E-state index contributed by atoms with van der Waals surface area (Å²) in [5.74, 6) is 0.645. The Morgan fingerprint density at radius 1 is 1.00 bits per heavy atom. The minimum absolute atomic E-state index is 0.0928. The molecule has 2 N–H and O–H groups in total. The Morgan fingerprint density at radius 2 is 1.71 bits per heavy atom. The van der Waals surface area contributed by atoms with Crippen molar-refractivity contribution in [3.63, 3.8) is 0 Å². The van der Waals surface area contributed by atoms with E-state index in [1.165, 1.54) is 0 Å². The fourth-order valence-electron chi connectivity index (χ4n) is 4.72. The highest BCUT2D eigenvalue weighted by molar-refractivity contribution is 6.33. The lowest BCUT2D eigenvalue weighted by Crippen LogP contribution is -2.45. The Hall–Kier alpha value is -2.51. The number of benzene rings is 2. The summed E-state index contributed by atoms with van der Waals surface area (Å²) in [6.07, 6.45) is 2.53. The third kappa shape index (κ3) is 5.07. The van der Waals surface area contributed by atoms with Gasteiger partial charge in [0.15, 0.2) is 0 Å². The third-order valence-electron chi connectivity index (χ3n) is 6.76. The first-order valence-corrected chi connectivity index (χ1v) is 12.7. The van der Waals surface area contributed by atoms with Crippen molar-refractivity contribution < 1.29 is 9.90 Å². The lowest BCUT2D eigenvalue weighted by atomic mass is 9.84. The number of rotatable bonds is 4. The molecule has 1 fully saturated rings. The SMILES string of the molecule is O=C(c1cnc2c(c1)N(Cc1cc(Cl)ccc1Cl)CCN2)N1CCC(O)(c2ccc(Cl)cc2)CC1. The summed E-state index contributed by atoms with van der Waals surface area (Å²) in [7, 11) is 0. The zero-order chi connectivity index (χ0) is 24.6. The van der Waals surface area contributed by atoms with E-state index in [-0.39, 0.29) is 5.91 Å². The minimum atomic E-state index is -0.966. The van der Waals surface area contributed by atoms with Crippen LogP contribution in [0.1, 0.15) is 34.3 Å². The fraction of sp³-hybridized carbons (Fsp3) is 0.308. The number of hydrogen-bond donors (Lipinski definition) is 2. The number of nitrogens with zero attached hydrogens (tertiary/aromatic N) is 3. The molecule has 6 nitrogen and oxygen atoms in total. The maximum Gasteiger partial charge on any atom is 0.255 e. The Kier molecular flexibility index (Phi) is 6.82. The fourth-order valence-corrected chi connectivity index (χ4v) is 5.22. The standard InChI is InChI=1S/C26H25Cl3N4O2/c27-20-3-1-19(2-4-20)26(35)7-10-32(11-8-26)25(34)17-14-23-24(31-15-17)30-9-12-33(23)16-18-13-21(28)5-6-22(18)29/h1-6,13-15,35H,7-12,16H2,(H,30,31). The Labute approximate surface area is 219 Å². The van der Waals surface area contributed by atoms with Gasteiger partial charge in [-0.05, 0) is 60.4 Å². The summed E-state index contributed by atoms with van der Waals surface area (Å²) in [6.45, 7) is 2.95. The maximum absolute atomic E-state index is 13.4. The summed E-state index contributed by atoms with van der Waals surface area (Å²) in [5.41, 5.74) is 2.15. The molecule has 35 heavy (non-hydrogen) atoms. The summed E-state index contributed by atoms with van der Waals surface area (Å²) in [5, 5.41) is 16.4. The average molecular weight is 532 g/mol. The van der Waals surface area contributed by atoms with Crippen LogP contribution in [0.15, 0.2) is 54.7 Å². The highest BCUT2D eigenvalue weighted by Crippen LogP contribution is 2.35. The highest BCUT2D eigenvalue weighted by Gasteiger charge is 2.36. The van der Waals surface area contributed by atoms with Crippen molar-refractivity contribution in [2.24, 2.45) is 0 Å². The largest absolute Gasteiger partial charge is 0.385 e. The van der Waals surface area contributed by atoms with Gasteiger partial charge in [0.05, 0.1) is 16.9 Å². The molecule has 182 valence electrons. The predicted molar refractivity (Wildman–Crippen MR) is 141 cm³/mol. The molecule has 0 saturated carbocycles. The number of carbonyl (C=O) groups is 1. The number of likely N-dealkylation sites (tertiary alicyclic amines) is 1. The molecule has 5 rings (SSSR count). The van der Waals surface area contributed by atoms with E-state index >= 15 is 0 Å². The highest BCUT2D eigenvalue weighted by atomic mass is 35.5. The molecule has 1 aromatic heterocycles. The molecule has 2 aliphatic heterocycles. The van der Waals surface area contributed by atoms with Crippen molar-refractivity contribution in [1.82, 2.24) is 9.88 Å². The van der Waals surface area contributed by atoms with E-state index in [4.69, 9.17) is 34.8 Å². The van der Waals surface area contributed by atoms with Gasteiger partial charge in [-0.2, -0.15) is 0 Å². The zero-order valence-electron chi connectivity index (χ0n) is 19.0. The number of amides is 1. The Morgan fingerprint density at radius 3 is 2.46 bits per heavy atom. The quantitative estimate of drug-likeness (QED) is 0.459. The minimum Gasteiger partial charge on any atom is -0.385 e. The third-order valence-corrected chi connectivity index (χ3v) is 7.61. The van der Waals surface area contributed by atoms with Crippen molar-refractivity contribution in [1.29, 1.82) is 0 Å². The van der Waals surface area contributed by atoms with Gasteiger partial charge >= 0.3 is 0 Å². The second kappa shape index (κ2) is 9.86. The summed E-state index contributed by atoms with van der Waals surface area (Å²) >= 11 is 18.6. The van der Waals surface area contributed by atoms with Gasteiger partial charge in [0.1, 0.15) is 5.82 Å². The van der Waals surface area contributed by atoms with Gasteiger partial charge in [-0.25, -0.2) is 4.98 Å². The van der Waals surface area contributed by atoms with E-state index in [2.05, 4.69) is 15.2 Å². The van der Waals surface area contributed by atoms with Crippen LogP contribution >= 0.6 is 34.8 Å². The van der Waals surface area contributed by atoms with Crippen LogP contribution in [0.5, 0.6) is 0 Å². The molecule has 2 aromatic carbocycles. The van der Waals surface area contributed by atoms with Crippen molar-refractivity contribution in [2.45, 2.75) is 25.0 Å². The molecule has 0 unspecified atom stereocenters. The lowest BCUT2D eigenvalue weighted by Gasteiger charge is -2.38. The van der Waals surface area contributed by atoms with Gasteiger partial charge in [-0.3, -0.25) is 4.79 Å². The molecule has 3 aromatic rings. The molecule has 0 bridgehead atoms. The Balaban J connectivity index is 1.32. The number of hydrogen-bond acceptors (Lipinski definition) is 5. The summed E-state index contributed by atoms with van der Waals surface area (Å²) in [6, 6.07) is 14.6. The van der Waals surface area contributed by atoms with Gasteiger partial charge in [-0.1, -0.05) is 46.9 Å².